The van der Waals surface area contributed by atoms with Crippen molar-refractivity contribution in [2.75, 3.05) is 0 Å². The Balaban J connectivity index is 2.25. The van der Waals surface area contributed by atoms with Gasteiger partial charge in [0.2, 0.25) is 0 Å². The zero-order valence-electron chi connectivity index (χ0n) is 10.7. The van der Waals surface area contributed by atoms with Crippen LogP contribution in [0.15, 0.2) is 35.8 Å². The Kier molecular flexibility index (Phi) is 3.03. The third-order valence-corrected chi connectivity index (χ3v) is 3.93. The molecule has 0 fully saturated rings. The van der Waals surface area contributed by atoms with Gasteiger partial charge in [0, 0.05) is 10.8 Å². The molecule has 0 atom stereocenters. The lowest BCUT2D eigenvalue weighted by molar-refractivity contribution is 0.627. The highest BCUT2D eigenvalue weighted by atomic mass is 32.1. The van der Waals surface area contributed by atoms with Crippen LogP contribution in [0.25, 0.3) is 21.5 Å². The van der Waals surface area contributed by atoms with Gasteiger partial charge in [-0.25, -0.2) is 9.37 Å². The lowest BCUT2D eigenvalue weighted by Gasteiger charge is -2.04. The van der Waals surface area contributed by atoms with E-state index in [0.717, 1.165) is 21.6 Å². The number of halogens is 1. The monoisotopic (exact) mass is 272 g/mol. The van der Waals surface area contributed by atoms with Crippen LogP contribution >= 0.6 is 11.3 Å². The van der Waals surface area contributed by atoms with Crippen molar-refractivity contribution in [1.82, 2.24) is 9.97 Å². The first-order valence-corrected chi connectivity index (χ1v) is 7.04. The van der Waals surface area contributed by atoms with Gasteiger partial charge in [0.1, 0.15) is 5.01 Å². The molecule has 4 heteroatoms. The number of pyridine rings is 1. The van der Waals surface area contributed by atoms with Crippen molar-refractivity contribution in [1.29, 1.82) is 0 Å². The fraction of sp³-hybridized carbons (Fsp3) is 0.200. The van der Waals surface area contributed by atoms with E-state index in [0.29, 0.717) is 11.5 Å². The molecule has 0 radical (unpaired) electrons. The minimum Gasteiger partial charge on any atom is -0.253 e. The van der Waals surface area contributed by atoms with E-state index in [1.807, 2.05) is 29.6 Å². The maximum absolute atomic E-state index is 14.1. The molecule has 0 saturated heterocycles. The first-order valence-electron chi connectivity index (χ1n) is 6.16. The van der Waals surface area contributed by atoms with Crippen molar-refractivity contribution >= 4 is 22.2 Å². The second-order valence-corrected chi connectivity index (χ2v) is 5.59. The van der Waals surface area contributed by atoms with E-state index in [4.69, 9.17) is 0 Å². The number of rotatable bonds is 2. The van der Waals surface area contributed by atoms with Crippen LogP contribution in [0, 0.1) is 5.82 Å². The van der Waals surface area contributed by atoms with E-state index in [9.17, 15) is 4.39 Å². The first-order chi connectivity index (χ1) is 9.16. The molecule has 0 saturated carbocycles. The Bertz CT molecular complexity index is 734. The number of hydrogen-bond donors (Lipinski definition) is 0. The van der Waals surface area contributed by atoms with E-state index in [-0.39, 0.29) is 5.82 Å². The quantitative estimate of drug-likeness (QED) is 0.680. The Hall–Kier alpha value is -1.81. The molecule has 19 heavy (non-hydrogen) atoms. The SMILES string of the molecule is CC(C)c1csc(-c2c(F)cnc3ccccc23)n1. The average molecular weight is 272 g/mol. The van der Waals surface area contributed by atoms with Crippen molar-refractivity contribution in [3.63, 3.8) is 0 Å². The summed E-state index contributed by atoms with van der Waals surface area (Å²) in [6.07, 6.45) is 1.27. The van der Waals surface area contributed by atoms with E-state index < -0.39 is 0 Å². The Labute approximate surface area is 115 Å². The first kappa shape index (κ1) is 12.2. The summed E-state index contributed by atoms with van der Waals surface area (Å²) >= 11 is 1.48. The van der Waals surface area contributed by atoms with Crippen LogP contribution in [0.4, 0.5) is 4.39 Å². The molecular formula is C15H13FN2S. The van der Waals surface area contributed by atoms with E-state index in [2.05, 4.69) is 23.8 Å². The van der Waals surface area contributed by atoms with Gasteiger partial charge in [0.15, 0.2) is 5.82 Å². The second-order valence-electron chi connectivity index (χ2n) is 4.73. The van der Waals surface area contributed by atoms with Crippen LogP contribution < -0.4 is 0 Å². The Morgan fingerprint density at radius 2 is 2.00 bits per heavy atom. The summed E-state index contributed by atoms with van der Waals surface area (Å²) in [7, 11) is 0. The largest absolute Gasteiger partial charge is 0.253 e. The number of nitrogens with zero attached hydrogens (tertiary/aromatic N) is 2. The zero-order chi connectivity index (χ0) is 13.4. The fourth-order valence-corrected chi connectivity index (χ4v) is 3.04. The van der Waals surface area contributed by atoms with Crippen LogP contribution in [0.3, 0.4) is 0 Å². The van der Waals surface area contributed by atoms with Gasteiger partial charge in [-0.1, -0.05) is 32.0 Å². The number of fused-ring (bicyclic) bond motifs is 1. The molecule has 2 nitrogen and oxygen atoms in total. The molecule has 3 rings (SSSR count). The maximum atomic E-state index is 14.1. The molecule has 0 spiro atoms. The highest BCUT2D eigenvalue weighted by Crippen LogP contribution is 2.33. The van der Waals surface area contributed by atoms with Crippen LogP contribution in [0.2, 0.25) is 0 Å². The van der Waals surface area contributed by atoms with Gasteiger partial charge in [0.25, 0.3) is 0 Å². The number of hydrogen-bond acceptors (Lipinski definition) is 3. The molecule has 0 aliphatic heterocycles. The number of para-hydroxylation sites is 1. The average Bonchev–Trinajstić information content (AvgIpc) is 2.88. The summed E-state index contributed by atoms with van der Waals surface area (Å²) in [5.74, 6) is 0.0320. The predicted molar refractivity (Wildman–Crippen MR) is 76.9 cm³/mol. The topological polar surface area (TPSA) is 25.8 Å². The molecule has 0 aliphatic rings. The smallest absolute Gasteiger partial charge is 0.152 e. The Morgan fingerprint density at radius 1 is 1.21 bits per heavy atom. The minimum absolute atomic E-state index is 0.316. The van der Waals surface area contributed by atoms with Crippen LogP contribution in [-0.4, -0.2) is 9.97 Å². The maximum Gasteiger partial charge on any atom is 0.152 e. The normalized spacial score (nSPS) is 11.4. The van der Waals surface area contributed by atoms with Crippen LogP contribution in [-0.2, 0) is 0 Å². The Morgan fingerprint density at radius 3 is 2.74 bits per heavy atom. The van der Waals surface area contributed by atoms with Crippen LogP contribution in [0.5, 0.6) is 0 Å². The van der Waals surface area contributed by atoms with Crippen molar-refractivity contribution < 1.29 is 4.39 Å². The fourth-order valence-electron chi connectivity index (χ4n) is 2.00. The highest BCUT2D eigenvalue weighted by Gasteiger charge is 2.15. The van der Waals surface area contributed by atoms with Gasteiger partial charge in [-0.2, -0.15) is 0 Å². The third kappa shape index (κ3) is 2.12. The van der Waals surface area contributed by atoms with E-state index in [1.54, 1.807) is 0 Å². The van der Waals surface area contributed by atoms with Gasteiger partial charge >= 0.3 is 0 Å². The molecule has 1 aromatic carbocycles. The molecule has 0 aliphatic carbocycles. The number of aromatic nitrogens is 2. The molecule has 0 N–H and O–H groups in total. The highest BCUT2D eigenvalue weighted by molar-refractivity contribution is 7.13. The molecule has 0 amide bonds. The van der Waals surface area contributed by atoms with Crippen LogP contribution in [0.1, 0.15) is 25.5 Å². The zero-order valence-corrected chi connectivity index (χ0v) is 11.5. The molecule has 2 heterocycles. The summed E-state index contributed by atoms with van der Waals surface area (Å²) in [4.78, 5) is 8.65. The summed E-state index contributed by atoms with van der Waals surface area (Å²) < 4.78 is 14.1. The second kappa shape index (κ2) is 4.70. The third-order valence-electron chi connectivity index (χ3n) is 3.06. The molecule has 0 unspecified atom stereocenters. The lowest BCUT2D eigenvalue weighted by Crippen LogP contribution is -1.91. The molecule has 3 aromatic rings. The summed E-state index contributed by atoms with van der Waals surface area (Å²) in [6, 6.07) is 7.56. The molecular weight excluding hydrogens is 259 g/mol. The molecule has 2 aromatic heterocycles. The summed E-state index contributed by atoms with van der Waals surface area (Å²) in [5, 5.41) is 3.53. The standard InChI is InChI=1S/C15H13FN2S/c1-9(2)13-8-19-15(18-13)14-10-5-3-4-6-12(10)17-7-11(14)16/h3-9H,1-2H3. The van der Waals surface area contributed by atoms with Gasteiger partial charge in [-0.05, 0) is 12.0 Å². The minimum atomic E-state index is -0.316. The van der Waals surface area contributed by atoms with E-state index >= 15 is 0 Å². The summed E-state index contributed by atoms with van der Waals surface area (Å²) in [5.41, 5.74) is 2.35. The number of thiazole rings is 1. The van der Waals surface area contributed by atoms with Crippen molar-refractivity contribution in [2.24, 2.45) is 0 Å². The van der Waals surface area contributed by atoms with Gasteiger partial charge < -0.3 is 0 Å². The lowest BCUT2D eigenvalue weighted by atomic mass is 10.1. The van der Waals surface area contributed by atoms with Crippen molar-refractivity contribution in [3.8, 4) is 10.6 Å². The van der Waals surface area contributed by atoms with Gasteiger partial charge in [-0.3, -0.25) is 4.98 Å². The predicted octanol–water partition coefficient (Wildman–Crippen LogP) is 4.62. The summed E-state index contributed by atoms with van der Waals surface area (Å²) in [6.45, 7) is 4.17. The number of benzene rings is 1. The van der Waals surface area contributed by atoms with Gasteiger partial charge in [-0.15, -0.1) is 11.3 Å². The van der Waals surface area contributed by atoms with E-state index in [1.165, 1.54) is 17.5 Å². The van der Waals surface area contributed by atoms with Gasteiger partial charge in [0.05, 0.1) is 23.0 Å². The molecule has 96 valence electrons. The van der Waals surface area contributed by atoms with Crippen molar-refractivity contribution in [2.45, 2.75) is 19.8 Å². The van der Waals surface area contributed by atoms with Crippen molar-refractivity contribution in [3.05, 3.63) is 47.4 Å². The molecule has 0 bridgehead atoms.